The third-order valence-electron chi connectivity index (χ3n) is 5.43. The molecule has 1 unspecified atom stereocenters. The Morgan fingerprint density at radius 1 is 0.688 bits per heavy atom. The number of allylic oxidation sites excluding steroid dienone is 1. The largest absolute Gasteiger partial charge is 0.438 e. The highest BCUT2D eigenvalue weighted by molar-refractivity contribution is 7.47. The zero-order valence-corrected chi connectivity index (χ0v) is 23.2. The highest BCUT2D eigenvalue weighted by Crippen LogP contribution is 2.44. The summed E-state index contributed by atoms with van der Waals surface area (Å²) in [7, 11) is -1.14. The number of hydrogen-bond donors (Lipinski definition) is 0. The van der Waals surface area contributed by atoms with E-state index in [0.717, 1.165) is 17.1 Å². The minimum atomic E-state index is -1.14. The summed E-state index contributed by atoms with van der Waals surface area (Å²) in [5, 5.41) is 0. The van der Waals surface area contributed by atoms with E-state index in [1.807, 2.05) is 6.66 Å². The van der Waals surface area contributed by atoms with Gasteiger partial charge in [-0.3, -0.25) is 0 Å². The van der Waals surface area contributed by atoms with Crippen LogP contribution >= 0.6 is 8.38 Å². The van der Waals surface area contributed by atoms with Crippen LogP contribution in [0.4, 0.5) is 0 Å². The molecule has 0 radical (unpaired) electrons. The Labute approximate surface area is 198 Å². The summed E-state index contributed by atoms with van der Waals surface area (Å²) in [6.45, 7) is 26.4. The second-order valence-corrected chi connectivity index (χ2v) is 13.3. The first-order chi connectivity index (χ1) is 14.5. The van der Waals surface area contributed by atoms with Gasteiger partial charge in [-0.05, 0) is 59.4 Å². The van der Waals surface area contributed by atoms with Crippen LogP contribution in [0.2, 0.25) is 0 Å². The third kappa shape index (κ3) is 7.11. The molecule has 0 amide bonds. The first kappa shape index (κ1) is 26.5. The van der Waals surface area contributed by atoms with Gasteiger partial charge in [0.05, 0.1) is 0 Å². The molecule has 2 nitrogen and oxygen atoms in total. The van der Waals surface area contributed by atoms with E-state index in [2.05, 4.69) is 119 Å². The van der Waals surface area contributed by atoms with Crippen LogP contribution in [0.1, 0.15) is 98.4 Å². The van der Waals surface area contributed by atoms with E-state index in [1.165, 1.54) is 22.3 Å². The lowest BCUT2D eigenvalue weighted by Crippen LogP contribution is -2.17. The molecule has 0 aliphatic heterocycles. The van der Waals surface area contributed by atoms with Crippen LogP contribution in [0.5, 0.6) is 11.5 Å². The van der Waals surface area contributed by atoms with Gasteiger partial charge in [0.2, 0.25) is 0 Å². The molecule has 2 aromatic carbocycles. The number of rotatable bonds is 5. The van der Waals surface area contributed by atoms with Gasteiger partial charge in [0.15, 0.2) is 0 Å². The summed E-state index contributed by atoms with van der Waals surface area (Å²) in [5.41, 5.74) is 6.35. The van der Waals surface area contributed by atoms with Gasteiger partial charge in [-0.1, -0.05) is 92.2 Å². The molecule has 0 bridgehead atoms. The molecule has 2 aromatic rings. The maximum Gasteiger partial charge on any atom is 0.286 e. The highest BCUT2D eigenvalue weighted by atomic mass is 31.2. The van der Waals surface area contributed by atoms with E-state index < -0.39 is 8.38 Å². The minimum absolute atomic E-state index is 0.0195. The third-order valence-corrected chi connectivity index (χ3v) is 6.34. The Kier molecular flexibility index (Phi) is 7.94. The Morgan fingerprint density at radius 2 is 1.16 bits per heavy atom. The molecule has 1 atom stereocenters. The van der Waals surface area contributed by atoms with Crippen LogP contribution in [0.3, 0.4) is 0 Å². The summed E-state index contributed by atoms with van der Waals surface area (Å²) in [4.78, 5) is 0. The lowest BCUT2D eigenvalue weighted by Gasteiger charge is -2.28. The van der Waals surface area contributed by atoms with Crippen LogP contribution in [-0.2, 0) is 16.2 Å². The van der Waals surface area contributed by atoms with Crippen molar-refractivity contribution in [3.8, 4) is 11.5 Å². The zero-order chi connectivity index (χ0) is 24.5. The van der Waals surface area contributed by atoms with E-state index in [-0.39, 0.29) is 16.2 Å². The first-order valence-electron chi connectivity index (χ1n) is 11.5. The summed E-state index contributed by atoms with van der Waals surface area (Å²) < 4.78 is 12.8. The van der Waals surface area contributed by atoms with E-state index >= 15 is 0 Å². The van der Waals surface area contributed by atoms with Crippen molar-refractivity contribution in [2.24, 2.45) is 0 Å². The molecule has 3 heteroatoms. The van der Waals surface area contributed by atoms with Crippen LogP contribution in [0.15, 0.2) is 42.0 Å². The summed E-state index contributed by atoms with van der Waals surface area (Å²) in [6.07, 6.45) is 2.19. The fraction of sp³-hybridized carbons (Fsp3) is 0.517. The minimum Gasteiger partial charge on any atom is -0.438 e. The molecule has 32 heavy (non-hydrogen) atoms. The number of hydrogen-bond acceptors (Lipinski definition) is 2. The highest BCUT2D eigenvalue weighted by Gasteiger charge is 2.25. The van der Waals surface area contributed by atoms with E-state index in [1.54, 1.807) is 0 Å². The lowest BCUT2D eigenvalue weighted by molar-refractivity contribution is 0.475. The van der Waals surface area contributed by atoms with Crippen molar-refractivity contribution in [2.45, 2.75) is 92.4 Å². The van der Waals surface area contributed by atoms with E-state index in [9.17, 15) is 0 Å². The van der Waals surface area contributed by atoms with Crippen molar-refractivity contribution in [3.63, 3.8) is 0 Å². The monoisotopic (exact) mass is 454 g/mol. The van der Waals surface area contributed by atoms with Crippen molar-refractivity contribution < 1.29 is 9.05 Å². The normalized spacial score (nSPS) is 13.5. The predicted octanol–water partition coefficient (Wildman–Crippen LogP) is 9.40. The van der Waals surface area contributed by atoms with Gasteiger partial charge in [-0.2, -0.15) is 0 Å². The van der Waals surface area contributed by atoms with Gasteiger partial charge in [-0.15, -0.1) is 0 Å². The van der Waals surface area contributed by atoms with Crippen LogP contribution in [0, 0.1) is 0 Å². The molecule has 0 aliphatic rings. The Hall–Kier alpha value is -1.79. The maximum absolute atomic E-state index is 6.42. The molecule has 0 heterocycles. The van der Waals surface area contributed by atoms with Gasteiger partial charge in [-0.25, -0.2) is 0 Å². The summed E-state index contributed by atoms with van der Waals surface area (Å²) in [5.74, 6) is 1.78. The smallest absolute Gasteiger partial charge is 0.286 e. The molecule has 0 fully saturated rings. The van der Waals surface area contributed by atoms with E-state index in [0.29, 0.717) is 0 Å². The molecule has 0 aromatic heterocycles. The van der Waals surface area contributed by atoms with Gasteiger partial charge >= 0.3 is 0 Å². The Bertz CT molecular complexity index is 962. The van der Waals surface area contributed by atoms with Crippen molar-refractivity contribution in [1.82, 2.24) is 0 Å². The van der Waals surface area contributed by atoms with Gasteiger partial charge < -0.3 is 9.05 Å². The van der Waals surface area contributed by atoms with Crippen molar-refractivity contribution >= 4 is 14.5 Å². The molecule has 2 rings (SSSR count). The molecular weight excluding hydrogens is 411 g/mol. The first-order valence-corrected chi connectivity index (χ1v) is 13.1. The standard InChI is InChI=1S/C29H43O2P/c1-20(2)17-21-18-22(27(3,4)5)13-15-25(21)30-32(12)31-26-16-14-23(28(6,7)8)19-24(26)29(9,10)11/h13-19H,1-12H3. The SMILES string of the molecule is CC(C)=Cc1cc(C(C)(C)C)ccc1OP(C)Oc1ccc(C(C)(C)C)cc1C(C)(C)C. The second kappa shape index (κ2) is 9.60. The maximum atomic E-state index is 6.42. The molecular formula is C29H43O2P. The zero-order valence-electron chi connectivity index (χ0n) is 22.3. The molecule has 0 aliphatic carbocycles. The Morgan fingerprint density at radius 3 is 1.62 bits per heavy atom. The average Bonchev–Trinajstić information content (AvgIpc) is 2.60. The molecule has 0 N–H and O–H groups in total. The predicted molar refractivity (Wildman–Crippen MR) is 142 cm³/mol. The van der Waals surface area contributed by atoms with Crippen molar-refractivity contribution in [3.05, 3.63) is 64.2 Å². The topological polar surface area (TPSA) is 18.5 Å². The molecule has 176 valence electrons. The van der Waals surface area contributed by atoms with Crippen LogP contribution < -0.4 is 9.05 Å². The fourth-order valence-electron chi connectivity index (χ4n) is 3.48. The quantitative estimate of drug-likeness (QED) is 0.419. The second-order valence-electron chi connectivity index (χ2n) is 12.1. The van der Waals surface area contributed by atoms with Crippen LogP contribution in [-0.4, -0.2) is 6.66 Å². The molecule has 0 saturated heterocycles. The number of benzene rings is 2. The van der Waals surface area contributed by atoms with Gasteiger partial charge in [0.1, 0.15) is 11.5 Å². The van der Waals surface area contributed by atoms with Crippen molar-refractivity contribution in [1.29, 1.82) is 0 Å². The summed E-state index contributed by atoms with van der Waals surface area (Å²) in [6, 6.07) is 13.1. The summed E-state index contributed by atoms with van der Waals surface area (Å²) >= 11 is 0. The van der Waals surface area contributed by atoms with Crippen molar-refractivity contribution in [2.75, 3.05) is 6.66 Å². The average molecular weight is 455 g/mol. The Balaban J connectivity index is 2.37. The lowest BCUT2D eigenvalue weighted by atomic mass is 9.80. The van der Waals surface area contributed by atoms with E-state index in [4.69, 9.17) is 9.05 Å². The van der Waals surface area contributed by atoms with Gasteiger partial charge in [0, 0.05) is 17.8 Å². The fourth-order valence-corrected chi connectivity index (χ4v) is 4.40. The van der Waals surface area contributed by atoms with Crippen LogP contribution in [0.25, 0.3) is 6.08 Å². The molecule has 0 spiro atoms. The van der Waals surface area contributed by atoms with Gasteiger partial charge in [0.25, 0.3) is 8.38 Å². The molecule has 0 saturated carbocycles.